The van der Waals surface area contributed by atoms with E-state index in [1.165, 1.54) is 32.4 Å². The van der Waals surface area contributed by atoms with Crippen LogP contribution in [-0.2, 0) is 19.6 Å². The van der Waals surface area contributed by atoms with Crippen LogP contribution in [0, 0.1) is 0 Å². The number of benzene rings is 1. The highest BCUT2D eigenvalue weighted by atomic mass is 35.5. The zero-order chi connectivity index (χ0) is 16.0. The van der Waals surface area contributed by atoms with Gasteiger partial charge < -0.3 is 15.8 Å². The summed E-state index contributed by atoms with van der Waals surface area (Å²) in [5.41, 5.74) is 5.75. The topological polar surface area (TPSA) is 102 Å². The van der Waals surface area contributed by atoms with Crippen molar-refractivity contribution in [3.8, 4) is 0 Å². The second-order valence-corrected chi connectivity index (χ2v) is 6.74. The van der Waals surface area contributed by atoms with Crippen LogP contribution in [0.1, 0.15) is 0 Å². The minimum Gasteiger partial charge on any atom is -0.397 e. The smallest absolute Gasteiger partial charge is 0.243 e. The van der Waals surface area contributed by atoms with E-state index >= 15 is 0 Å². The summed E-state index contributed by atoms with van der Waals surface area (Å²) >= 11 is 5.76. The molecule has 0 bridgehead atoms. The van der Waals surface area contributed by atoms with Gasteiger partial charge in [-0.25, -0.2) is 8.42 Å². The number of hydrogen-bond donors (Lipinski definition) is 2. The van der Waals surface area contributed by atoms with Crippen LogP contribution in [0.5, 0.6) is 0 Å². The van der Waals surface area contributed by atoms with Crippen molar-refractivity contribution < 1.29 is 17.9 Å². The van der Waals surface area contributed by atoms with Crippen molar-refractivity contribution in [2.45, 2.75) is 4.90 Å². The number of nitrogens with zero attached hydrogens (tertiary/aromatic N) is 1. The number of carbonyl (C=O) groups excluding carboxylic acids is 1. The second kappa shape index (κ2) is 7.60. The molecule has 0 radical (unpaired) electrons. The normalized spacial score (nSPS) is 11.6. The first-order valence-corrected chi connectivity index (χ1v) is 7.88. The summed E-state index contributed by atoms with van der Waals surface area (Å²) in [6, 6.07) is 4.00. The number of carbonyl (C=O) groups is 1. The zero-order valence-corrected chi connectivity index (χ0v) is 13.4. The van der Waals surface area contributed by atoms with Gasteiger partial charge in [-0.15, -0.1) is 0 Å². The fourth-order valence-electron chi connectivity index (χ4n) is 1.50. The maximum absolute atomic E-state index is 12.3. The van der Waals surface area contributed by atoms with Crippen molar-refractivity contribution in [2.75, 3.05) is 39.6 Å². The number of nitrogens with one attached hydrogen (secondary N) is 1. The highest BCUT2D eigenvalue weighted by molar-refractivity contribution is 7.89. The van der Waals surface area contributed by atoms with E-state index in [4.69, 9.17) is 22.1 Å². The summed E-state index contributed by atoms with van der Waals surface area (Å²) in [5, 5.41) is 2.81. The molecule has 0 aliphatic carbocycles. The number of sulfonamides is 1. The number of nitrogen functional groups attached to an aromatic ring is 1. The van der Waals surface area contributed by atoms with Crippen molar-refractivity contribution in [2.24, 2.45) is 0 Å². The predicted octanol–water partition coefficient (Wildman–Crippen LogP) is 0.305. The largest absolute Gasteiger partial charge is 0.397 e. The van der Waals surface area contributed by atoms with Crippen LogP contribution in [0.2, 0.25) is 5.02 Å². The highest BCUT2D eigenvalue weighted by Gasteiger charge is 2.23. The molecule has 1 rings (SSSR count). The molecule has 7 nitrogen and oxygen atoms in total. The Morgan fingerprint density at radius 1 is 1.48 bits per heavy atom. The third-order valence-electron chi connectivity index (χ3n) is 2.67. The molecule has 0 saturated heterocycles. The van der Waals surface area contributed by atoms with Crippen LogP contribution in [0.4, 0.5) is 5.69 Å². The van der Waals surface area contributed by atoms with Crippen molar-refractivity contribution in [3.05, 3.63) is 23.2 Å². The fourth-order valence-corrected chi connectivity index (χ4v) is 2.78. The molecule has 0 aliphatic heterocycles. The molecule has 3 N–H and O–H groups in total. The molecule has 0 fully saturated rings. The van der Waals surface area contributed by atoms with Crippen LogP contribution in [0.25, 0.3) is 0 Å². The maximum atomic E-state index is 12.3. The molecule has 1 amide bonds. The number of ether oxygens (including phenoxy) is 1. The van der Waals surface area contributed by atoms with E-state index in [1.807, 2.05) is 0 Å². The van der Waals surface area contributed by atoms with E-state index < -0.39 is 15.9 Å². The van der Waals surface area contributed by atoms with E-state index in [0.29, 0.717) is 13.2 Å². The first-order valence-electron chi connectivity index (χ1n) is 6.06. The van der Waals surface area contributed by atoms with Gasteiger partial charge in [0.2, 0.25) is 15.9 Å². The summed E-state index contributed by atoms with van der Waals surface area (Å²) in [7, 11) is -0.978. The highest BCUT2D eigenvalue weighted by Crippen LogP contribution is 2.23. The van der Waals surface area contributed by atoms with Gasteiger partial charge in [0.15, 0.2) is 0 Å². The van der Waals surface area contributed by atoms with E-state index in [-0.39, 0.29) is 22.2 Å². The molecule has 1 aromatic carbocycles. The second-order valence-electron chi connectivity index (χ2n) is 4.29. The molecule has 0 aromatic heterocycles. The Morgan fingerprint density at radius 2 is 2.14 bits per heavy atom. The molecular formula is C12H18ClN3O4S. The Bertz CT molecular complexity index is 607. The lowest BCUT2D eigenvalue weighted by molar-refractivity contribution is -0.121. The molecule has 0 atom stereocenters. The Kier molecular flexibility index (Phi) is 6.41. The van der Waals surface area contributed by atoms with Crippen LogP contribution in [0.3, 0.4) is 0 Å². The van der Waals surface area contributed by atoms with Crippen LogP contribution < -0.4 is 11.1 Å². The van der Waals surface area contributed by atoms with Gasteiger partial charge in [-0.2, -0.15) is 4.31 Å². The summed E-state index contributed by atoms with van der Waals surface area (Å²) in [4.78, 5) is 11.6. The first kappa shape index (κ1) is 17.7. The number of anilines is 1. The molecule has 0 spiro atoms. The number of amides is 1. The maximum Gasteiger partial charge on any atom is 0.243 e. The number of hydrogen-bond acceptors (Lipinski definition) is 5. The Hall–Kier alpha value is -1.35. The first-order chi connectivity index (χ1) is 9.78. The summed E-state index contributed by atoms with van der Waals surface area (Å²) in [6.45, 7) is 0.377. The van der Waals surface area contributed by atoms with E-state index in [0.717, 1.165) is 4.31 Å². The number of nitrogens with two attached hydrogens (primary N) is 1. The lowest BCUT2D eigenvalue weighted by Gasteiger charge is -2.17. The number of rotatable bonds is 7. The van der Waals surface area contributed by atoms with Crippen molar-refractivity contribution in [1.82, 2.24) is 9.62 Å². The third-order valence-corrected chi connectivity index (χ3v) is 4.81. The third kappa shape index (κ3) is 4.85. The van der Waals surface area contributed by atoms with Gasteiger partial charge in [-0.1, -0.05) is 11.6 Å². The van der Waals surface area contributed by atoms with Crippen molar-refractivity contribution >= 4 is 33.2 Å². The Morgan fingerprint density at radius 3 is 2.71 bits per heavy atom. The van der Waals surface area contributed by atoms with Crippen molar-refractivity contribution in [3.63, 3.8) is 0 Å². The lowest BCUT2D eigenvalue weighted by Crippen LogP contribution is -2.39. The van der Waals surface area contributed by atoms with Gasteiger partial charge >= 0.3 is 0 Å². The molecule has 0 aliphatic rings. The molecule has 9 heteroatoms. The standard InChI is InChI=1S/C12H18ClN3O4S/c1-16(8-12(17)15-5-6-20-2)21(18,19)9-3-4-10(13)11(14)7-9/h3-4,7H,5-6,8,14H2,1-2H3,(H,15,17). The lowest BCUT2D eigenvalue weighted by atomic mass is 10.3. The minimum atomic E-state index is -3.80. The van der Waals surface area contributed by atoms with Gasteiger partial charge in [0.1, 0.15) is 0 Å². The molecule has 118 valence electrons. The zero-order valence-electron chi connectivity index (χ0n) is 11.8. The average molecular weight is 336 g/mol. The van der Waals surface area contributed by atoms with E-state index in [2.05, 4.69) is 5.32 Å². The van der Waals surface area contributed by atoms with Gasteiger partial charge in [-0.3, -0.25) is 4.79 Å². The van der Waals surface area contributed by atoms with Gasteiger partial charge in [0.25, 0.3) is 0 Å². The summed E-state index contributed by atoms with van der Waals surface area (Å²) < 4.78 is 30.3. The van der Waals surface area contributed by atoms with Gasteiger partial charge in [-0.05, 0) is 18.2 Å². The summed E-state index contributed by atoms with van der Waals surface area (Å²) in [6.07, 6.45) is 0. The van der Waals surface area contributed by atoms with Gasteiger partial charge in [0, 0.05) is 20.7 Å². The molecular weight excluding hydrogens is 318 g/mol. The molecule has 1 aromatic rings. The average Bonchev–Trinajstić information content (AvgIpc) is 2.41. The Labute approximate surface area is 129 Å². The van der Waals surface area contributed by atoms with Crippen LogP contribution in [0.15, 0.2) is 23.1 Å². The van der Waals surface area contributed by atoms with E-state index in [9.17, 15) is 13.2 Å². The monoisotopic (exact) mass is 335 g/mol. The Balaban J connectivity index is 2.77. The van der Waals surface area contributed by atoms with Gasteiger partial charge in [0.05, 0.1) is 28.8 Å². The number of likely N-dealkylation sites (N-methyl/N-ethyl adjacent to an activating group) is 1. The fraction of sp³-hybridized carbons (Fsp3) is 0.417. The summed E-state index contributed by atoms with van der Waals surface area (Å²) in [5.74, 6) is -0.417. The molecule has 0 heterocycles. The minimum absolute atomic E-state index is 0.0170. The molecule has 0 unspecified atom stereocenters. The molecule has 21 heavy (non-hydrogen) atoms. The number of halogens is 1. The predicted molar refractivity (Wildman–Crippen MR) is 80.6 cm³/mol. The van der Waals surface area contributed by atoms with Crippen LogP contribution >= 0.6 is 11.6 Å². The SMILES string of the molecule is COCCNC(=O)CN(C)S(=O)(=O)c1ccc(Cl)c(N)c1. The van der Waals surface area contributed by atoms with Crippen molar-refractivity contribution in [1.29, 1.82) is 0 Å². The molecule has 0 saturated carbocycles. The quantitative estimate of drug-likeness (QED) is 0.551. The van der Waals surface area contributed by atoms with Crippen LogP contribution in [-0.4, -0.2) is 52.5 Å². The van der Waals surface area contributed by atoms with E-state index in [1.54, 1.807) is 0 Å². The number of methoxy groups -OCH3 is 1.